The molecule has 0 spiro atoms. The van der Waals surface area contributed by atoms with Crippen molar-refractivity contribution >= 4 is 5.91 Å². The van der Waals surface area contributed by atoms with Gasteiger partial charge in [0.15, 0.2) is 0 Å². The van der Waals surface area contributed by atoms with E-state index in [2.05, 4.69) is 15.5 Å². The topological polar surface area (TPSA) is 64.6 Å². The Morgan fingerprint density at radius 2 is 1.78 bits per heavy atom. The van der Waals surface area contributed by atoms with Crippen LogP contribution >= 0.6 is 0 Å². The molecule has 0 aromatic heterocycles. The molecule has 0 bridgehead atoms. The fourth-order valence-electron chi connectivity index (χ4n) is 1.92. The van der Waals surface area contributed by atoms with Gasteiger partial charge in [0, 0.05) is 26.2 Å². The van der Waals surface area contributed by atoms with Crippen molar-refractivity contribution < 1.29 is 9.90 Å². The van der Waals surface area contributed by atoms with E-state index in [0.29, 0.717) is 0 Å². The molecule has 0 saturated carbocycles. The molecule has 1 fully saturated rings. The average molecular weight is 257 g/mol. The molecular weight excluding hydrogens is 230 g/mol. The van der Waals surface area contributed by atoms with Crippen LogP contribution in [0.5, 0.6) is 0 Å². The van der Waals surface area contributed by atoms with E-state index in [1.165, 1.54) is 0 Å². The van der Waals surface area contributed by atoms with E-state index in [9.17, 15) is 9.90 Å². The molecule has 1 aliphatic heterocycles. The number of rotatable bonds is 4. The lowest BCUT2D eigenvalue weighted by Crippen LogP contribution is -2.64. The number of amides is 1. The summed E-state index contributed by atoms with van der Waals surface area (Å²) >= 11 is 0. The molecule has 1 unspecified atom stereocenters. The Morgan fingerprint density at radius 3 is 2.22 bits per heavy atom. The second kappa shape index (κ2) is 5.55. The SMILES string of the molecule is CC(O)C(C)(C)NC(=O)C(C)(C)N1CCNCC1. The van der Waals surface area contributed by atoms with Gasteiger partial charge < -0.3 is 15.7 Å². The van der Waals surface area contributed by atoms with Gasteiger partial charge in [0.2, 0.25) is 5.91 Å². The van der Waals surface area contributed by atoms with E-state index in [1.807, 2.05) is 27.7 Å². The summed E-state index contributed by atoms with van der Waals surface area (Å²) < 4.78 is 0. The van der Waals surface area contributed by atoms with Gasteiger partial charge in [-0.25, -0.2) is 0 Å². The lowest BCUT2D eigenvalue weighted by atomic mass is 9.94. The van der Waals surface area contributed by atoms with E-state index < -0.39 is 17.2 Å². The number of carbonyl (C=O) groups excluding carboxylic acids is 1. The Bertz CT molecular complexity index is 295. The maximum atomic E-state index is 12.4. The third-order valence-electron chi connectivity index (χ3n) is 3.94. The molecule has 5 nitrogen and oxygen atoms in total. The van der Waals surface area contributed by atoms with Crippen molar-refractivity contribution in [2.45, 2.75) is 51.8 Å². The first-order valence-corrected chi connectivity index (χ1v) is 6.64. The lowest BCUT2D eigenvalue weighted by Gasteiger charge is -2.42. The predicted octanol–water partition coefficient (Wildman–Crippen LogP) is -0.0542. The van der Waals surface area contributed by atoms with E-state index >= 15 is 0 Å². The minimum atomic E-state index is -0.609. The maximum absolute atomic E-state index is 12.4. The quantitative estimate of drug-likeness (QED) is 0.660. The molecular formula is C13H27N3O2. The molecule has 18 heavy (non-hydrogen) atoms. The number of aliphatic hydroxyl groups is 1. The van der Waals surface area contributed by atoms with Gasteiger partial charge in [0.05, 0.1) is 17.2 Å². The minimum Gasteiger partial charge on any atom is -0.391 e. The normalized spacial score (nSPS) is 20.6. The van der Waals surface area contributed by atoms with E-state index in [0.717, 1.165) is 26.2 Å². The zero-order valence-corrected chi connectivity index (χ0v) is 12.2. The highest BCUT2D eigenvalue weighted by Gasteiger charge is 2.38. The highest BCUT2D eigenvalue weighted by atomic mass is 16.3. The van der Waals surface area contributed by atoms with Gasteiger partial charge in [-0.1, -0.05) is 0 Å². The molecule has 1 heterocycles. The first kappa shape index (κ1) is 15.4. The summed E-state index contributed by atoms with van der Waals surface area (Å²) in [5.74, 6) is -0.0321. The monoisotopic (exact) mass is 257 g/mol. The van der Waals surface area contributed by atoms with Gasteiger partial charge in [-0.05, 0) is 34.6 Å². The van der Waals surface area contributed by atoms with Gasteiger partial charge in [-0.3, -0.25) is 9.69 Å². The van der Waals surface area contributed by atoms with E-state index in [-0.39, 0.29) is 5.91 Å². The summed E-state index contributed by atoms with van der Waals surface area (Å²) in [6.45, 7) is 12.8. The summed E-state index contributed by atoms with van der Waals surface area (Å²) in [7, 11) is 0. The summed E-state index contributed by atoms with van der Waals surface area (Å²) in [4.78, 5) is 14.6. The molecule has 1 amide bonds. The van der Waals surface area contributed by atoms with Crippen LogP contribution < -0.4 is 10.6 Å². The van der Waals surface area contributed by atoms with Crippen LogP contribution in [0.4, 0.5) is 0 Å². The van der Waals surface area contributed by atoms with Crippen molar-refractivity contribution in [3.63, 3.8) is 0 Å². The van der Waals surface area contributed by atoms with Crippen LogP contribution in [0.1, 0.15) is 34.6 Å². The van der Waals surface area contributed by atoms with Crippen LogP contribution in [0.2, 0.25) is 0 Å². The van der Waals surface area contributed by atoms with Crippen molar-refractivity contribution in [3.05, 3.63) is 0 Å². The van der Waals surface area contributed by atoms with E-state index in [1.54, 1.807) is 6.92 Å². The number of carbonyl (C=O) groups is 1. The lowest BCUT2D eigenvalue weighted by molar-refractivity contribution is -0.135. The number of hydrogen-bond donors (Lipinski definition) is 3. The predicted molar refractivity (Wildman–Crippen MR) is 72.4 cm³/mol. The minimum absolute atomic E-state index is 0.0321. The van der Waals surface area contributed by atoms with Gasteiger partial charge in [0.1, 0.15) is 0 Å². The number of nitrogens with one attached hydrogen (secondary N) is 2. The summed E-state index contributed by atoms with van der Waals surface area (Å²) in [6.07, 6.45) is -0.583. The molecule has 0 aromatic rings. The standard InChI is InChI=1S/C13H27N3O2/c1-10(17)12(2,3)15-11(18)13(4,5)16-8-6-14-7-9-16/h10,14,17H,6-9H2,1-5H3,(H,15,18). The van der Waals surface area contributed by atoms with Crippen LogP contribution in [-0.4, -0.2) is 59.3 Å². The Kier molecular flexibility index (Phi) is 4.75. The molecule has 1 saturated heterocycles. The highest BCUT2D eigenvalue weighted by Crippen LogP contribution is 2.18. The number of hydrogen-bond acceptors (Lipinski definition) is 4. The third-order valence-corrected chi connectivity index (χ3v) is 3.94. The number of nitrogens with zero attached hydrogens (tertiary/aromatic N) is 1. The van der Waals surface area contributed by atoms with Crippen LogP contribution in [0.25, 0.3) is 0 Å². The molecule has 1 atom stereocenters. The molecule has 0 aromatic carbocycles. The van der Waals surface area contributed by atoms with Gasteiger partial charge >= 0.3 is 0 Å². The van der Waals surface area contributed by atoms with Gasteiger partial charge in [-0.2, -0.15) is 0 Å². The number of piperazine rings is 1. The molecule has 1 aliphatic rings. The summed E-state index contributed by atoms with van der Waals surface area (Å²) in [6, 6.07) is 0. The Morgan fingerprint density at radius 1 is 1.28 bits per heavy atom. The van der Waals surface area contributed by atoms with Crippen LogP contribution in [-0.2, 0) is 4.79 Å². The number of aliphatic hydroxyl groups excluding tert-OH is 1. The highest BCUT2D eigenvalue weighted by molar-refractivity contribution is 5.86. The van der Waals surface area contributed by atoms with Crippen molar-refractivity contribution in [1.82, 2.24) is 15.5 Å². The molecule has 0 radical (unpaired) electrons. The van der Waals surface area contributed by atoms with Gasteiger partial charge in [0.25, 0.3) is 0 Å². The van der Waals surface area contributed by atoms with Crippen LogP contribution in [0, 0.1) is 0 Å². The van der Waals surface area contributed by atoms with Gasteiger partial charge in [-0.15, -0.1) is 0 Å². The first-order chi connectivity index (χ1) is 8.18. The summed E-state index contributed by atoms with van der Waals surface area (Å²) in [5, 5.41) is 15.9. The van der Waals surface area contributed by atoms with Crippen molar-refractivity contribution in [3.8, 4) is 0 Å². The smallest absolute Gasteiger partial charge is 0.240 e. The maximum Gasteiger partial charge on any atom is 0.240 e. The zero-order chi connectivity index (χ0) is 14.0. The average Bonchev–Trinajstić information content (AvgIpc) is 2.29. The fraction of sp³-hybridized carbons (Fsp3) is 0.923. The van der Waals surface area contributed by atoms with E-state index in [4.69, 9.17) is 0 Å². The zero-order valence-electron chi connectivity index (χ0n) is 12.2. The molecule has 106 valence electrons. The molecule has 3 N–H and O–H groups in total. The van der Waals surface area contributed by atoms with Crippen molar-refractivity contribution in [2.75, 3.05) is 26.2 Å². The Balaban J connectivity index is 2.69. The second-order valence-corrected chi connectivity index (χ2v) is 6.15. The molecule has 5 heteroatoms. The van der Waals surface area contributed by atoms with Crippen LogP contribution in [0.3, 0.4) is 0 Å². The van der Waals surface area contributed by atoms with Crippen molar-refractivity contribution in [1.29, 1.82) is 0 Å². The Labute approximate surface area is 110 Å². The van der Waals surface area contributed by atoms with Crippen molar-refractivity contribution in [2.24, 2.45) is 0 Å². The summed E-state index contributed by atoms with van der Waals surface area (Å²) in [5.41, 5.74) is -1.16. The Hall–Kier alpha value is -0.650. The molecule has 0 aliphatic carbocycles. The van der Waals surface area contributed by atoms with Crippen LogP contribution in [0.15, 0.2) is 0 Å². The second-order valence-electron chi connectivity index (χ2n) is 6.15. The largest absolute Gasteiger partial charge is 0.391 e. The third kappa shape index (κ3) is 3.43. The first-order valence-electron chi connectivity index (χ1n) is 6.64. The fourth-order valence-corrected chi connectivity index (χ4v) is 1.92. The molecule has 1 rings (SSSR count).